The first kappa shape index (κ1) is 14.5. The quantitative estimate of drug-likeness (QED) is 0.838. The number of rotatable bonds is 3. The molecule has 0 saturated heterocycles. The number of hydrogen-bond acceptors (Lipinski definition) is 3. The van der Waals surface area contributed by atoms with Crippen LogP contribution in [0, 0.1) is 18.3 Å². The first-order valence-corrected chi connectivity index (χ1v) is 7.58. The van der Waals surface area contributed by atoms with E-state index < -0.39 is 5.79 Å². The molecule has 0 aliphatic carbocycles. The average Bonchev–Trinajstić information content (AvgIpc) is 2.85. The highest BCUT2D eigenvalue weighted by Gasteiger charge is 2.40. The Morgan fingerprint density at radius 3 is 2.68 bits per heavy atom. The van der Waals surface area contributed by atoms with Gasteiger partial charge in [-0.15, -0.1) is 0 Å². The molecule has 1 aliphatic heterocycles. The number of benzene rings is 2. The van der Waals surface area contributed by atoms with Crippen molar-refractivity contribution in [2.24, 2.45) is 0 Å². The lowest BCUT2D eigenvalue weighted by molar-refractivity contribution is -0.0688. The summed E-state index contributed by atoms with van der Waals surface area (Å²) in [6.45, 7) is 6.06. The Morgan fingerprint density at radius 1 is 1.18 bits per heavy atom. The van der Waals surface area contributed by atoms with Crippen molar-refractivity contribution < 1.29 is 9.47 Å². The molecule has 0 saturated carbocycles. The van der Waals surface area contributed by atoms with E-state index in [1.807, 2.05) is 38.1 Å². The Balaban J connectivity index is 2.00. The lowest BCUT2D eigenvalue weighted by atomic mass is 9.99. The molecule has 0 amide bonds. The van der Waals surface area contributed by atoms with Crippen molar-refractivity contribution in [3.05, 3.63) is 58.7 Å². The van der Waals surface area contributed by atoms with Gasteiger partial charge in [0.15, 0.2) is 11.5 Å². The first-order valence-electron chi connectivity index (χ1n) is 7.58. The minimum absolute atomic E-state index is 0.645. The van der Waals surface area contributed by atoms with Gasteiger partial charge in [0.1, 0.15) is 0 Å². The number of ether oxygens (including phenoxy) is 2. The number of aryl methyl sites for hydroxylation is 2. The molecule has 3 rings (SSSR count). The summed E-state index contributed by atoms with van der Waals surface area (Å²) < 4.78 is 12.3. The van der Waals surface area contributed by atoms with Gasteiger partial charge in [0.25, 0.3) is 5.79 Å². The highest BCUT2D eigenvalue weighted by Crippen LogP contribution is 2.46. The number of fused-ring (bicyclic) bond motifs is 1. The topological polar surface area (TPSA) is 42.2 Å². The molecular formula is C19H19NO2. The summed E-state index contributed by atoms with van der Waals surface area (Å²) in [4.78, 5) is 0. The Morgan fingerprint density at radius 2 is 2.00 bits per heavy atom. The molecule has 0 spiro atoms. The van der Waals surface area contributed by atoms with Crippen LogP contribution in [0.15, 0.2) is 36.4 Å². The maximum Gasteiger partial charge on any atom is 0.275 e. The standard InChI is InChI=1S/C19H19NO2/c1-4-6-15-7-5-8-17-18(15)22-19(3,21-17)16-10-9-14(12-20)11-13(16)2/h5,7-11H,4,6H2,1-3H3. The van der Waals surface area contributed by atoms with Crippen LogP contribution < -0.4 is 9.47 Å². The van der Waals surface area contributed by atoms with Crippen molar-refractivity contribution in [3.63, 3.8) is 0 Å². The van der Waals surface area contributed by atoms with Crippen LogP contribution in [0.3, 0.4) is 0 Å². The zero-order valence-corrected chi connectivity index (χ0v) is 13.1. The van der Waals surface area contributed by atoms with Crippen LogP contribution in [-0.4, -0.2) is 0 Å². The molecule has 3 heteroatoms. The van der Waals surface area contributed by atoms with Gasteiger partial charge in [0.05, 0.1) is 11.6 Å². The molecule has 0 radical (unpaired) electrons. The van der Waals surface area contributed by atoms with Gasteiger partial charge in [0.2, 0.25) is 0 Å². The first-order chi connectivity index (χ1) is 10.6. The minimum Gasteiger partial charge on any atom is -0.445 e. The van der Waals surface area contributed by atoms with Crippen LogP contribution in [-0.2, 0) is 12.2 Å². The van der Waals surface area contributed by atoms with Crippen molar-refractivity contribution in [2.75, 3.05) is 0 Å². The summed E-state index contributed by atoms with van der Waals surface area (Å²) in [6.07, 6.45) is 2.03. The van der Waals surface area contributed by atoms with Gasteiger partial charge >= 0.3 is 0 Å². The third kappa shape index (κ3) is 2.31. The summed E-state index contributed by atoms with van der Waals surface area (Å²) in [5.41, 5.74) is 3.76. The highest BCUT2D eigenvalue weighted by molar-refractivity contribution is 5.51. The molecule has 1 aliphatic rings. The largest absolute Gasteiger partial charge is 0.445 e. The second-order valence-electron chi connectivity index (χ2n) is 5.79. The fourth-order valence-corrected chi connectivity index (χ4v) is 3.00. The molecule has 3 nitrogen and oxygen atoms in total. The lowest BCUT2D eigenvalue weighted by Crippen LogP contribution is -2.32. The predicted octanol–water partition coefficient (Wildman–Crippen LogP) is 4.46. The zero-order valence-electron chi connectivity index (χ0n) is 13.1. The van der Waals surface area contributed by atoms with E-state index in [1.165, 1.54) is 5.56 Å². The molecule has 1 heterocycles. The minimum atomic E-state index is -0.843. The Labute approximate surface area is 131 Å². The van der Waals surface area contributed by atoms with E-state index in [1.54, 1.807) is 6.07 Å². The normalized spacial score (nSPS) is 19.0. The van der Waals surface area contributed by atoms with Crippen LogP contribution in [0.2, 0.25) is 0 Å². The third-order valence-electron chi connectivity index (χ3n) is 4.03. The Hall–Kier alpha value is -2.47. The highest BCUT2D eigenvalue weighted by atomic mass is 16.7. The van der Waals surface area contributed by atoms with Crippen molar-refractivity contribution in [1.82, 2.24) is 0 Å². The van der Waals surface area contributed by atoms with Crippen molar-refractivity contribution in [3.8, 4) is 17.6 Å². The van der Waals surface area contributed by atoms with Gasteiger partial charge < -0.3 is 9.47 Å². The van der Waals surface area contributed by atoms with Gasteiger partial charge in [-0.25, -0.2) is 0 Å². The lowest BCUT2D eigenvalue weighted by Gasteiger charge is -2.25. The average molecular weight is 293 g/mol. The second-order valence-corrected chi connectivity index (χ2v) is 5.79. The van der Waals surface area contributed by atoms with E-state index in [4.69, 9.17) is 14.7 Å². The van der Waals surface area contributed by atoms with Gasteiger partial charge in [-0.05, 0) is 48.7 Å². The van der Waals surface area contributed by atoms with Crippen molar-refractivity contribution in [1.29, 1.82) is 5.26 Å². The molecule has 0 fully saturated rings. The predicted molar refractivity (Wildman–Crippen MR) is 84.9 cm³/mol. The van der Waals surface area contributed by atoms with Crippen LogP contribution in [0.25, 0.3) is 0 Å². The Kier molecular flexibility index (Phi) is 3.54. The third-order valence-corrected chi connectivity index (χ3v) is 4.03. The maximum absolute atomic E-state index is 9.01. The van der Waals surface area contributed by atoms with E-state index in [9.17, 15) is 0 Å². The van der Waals surface area contributed by atoms with Crippen molar-refractivity contribution >= 4 is 0 Å². The molecule has 1 unspecified atom stereocenters. The number of nitrogens with zero attached hydrogens (tertiary/aromatic N) is 1. The SMILES string of the molecule is CCCc1cccc2c1OC(C)(c1ccc(C#N)cc1C)O2. The monoisotopic (exact) mass is 293 g/mol. The summed E-state index contributed by atoms with van der Waals surface area (Å²) in [5, 5.41) is 9.01. The molecule has 2 aromatic carbocycles. The van der Waals surface area contributed by atoms with E-state index in [0.717, 1.165) is 35.5 Å². The van der Waals surface area contributed by atoms with E-state index in [0.29, 0.717) is 5.56 Å². The van der Waals surface area contributed by atoms with E-state index in [-0.39, 0.29) is 0 Å². The fraction of sp³-hybridized carbons (Fsp3) is 0.316. The van der Waals surface area contributed by atoms with E-state index in [2.05, 4.69) is 19.1 Å². The van der Waals surface area contributed by atoms with Crippen LogP contribution in [0.4, 0.5) is 0 Å². The van der Waals surface area contributed by atoms with Gasteiger partial charge in [-0.3, -0.25) is 0 Å². The molecule has 2 aromatic rings. The van der Waals surface area contributed by atoms with E-state index >= 15 is 0 Å². The molecular weight excluding hydrogens is 274 g/mol. The smallest absolute Gasteiger partial charge is 0.275 e. The molecule has 0 bridgehead atoms. The van der Waals surface area contributed by atoms with Crippen LogP contribution in [0.1, 0.15) is 42.5 Å². The molecule has 22 heavy (non-hydrogen) atoms. The number of nitriles is 1. The fourth-order valence-electron chi connectivity index (χ4n) is 3.00. The van der Waals surface area contributed by atoms with Gasteiger partial charge in [-0.2, -0.15) is 5.26 Å². The second kappa shape index (κ2) is 5.38. The van der Waals surface area contributed by atoms with Crippen LogP contribution >= 0.6 is 0 Å². The summed E-state index contributed by atoms with van der Waals surface area (Å²) >= 11 is 0. The van der Waals surface area contributed by atoms with Crippen molar-refractivity contribution in [2.45, 2.75) is 39.4 Å². The zero-order chi connectivity index (χ0) is 15.7. The summed E-state index contributed by atoms with van der Waals surface area (Å²) in [5.74, 6) is 0.789. The molecule has 0 aromatic heterocycles. The van der Waals surface area contributed by atoms with Crippen LogP contribution in [0.5, 0.6) is 11.5 Å². The number of para-hydroxylation sites is 1. The maximum atomic E-state index is 9.01. The van der Waals surface area contributed by atoms with Gasteiger partial charge in [-0.1, -0.05) is 25.5 Å². The summed E-state index contributed by atoms with van der Waals surface area (Å²) in [7, 11) is 0. The molecule has 1 atom stereocenters. The Bertz CT molecular complexity index is 761. The molecule has 112 valence electrons. The number of hydrogen-bond donors (Lipinski definition) is 0. The van der Waals surface area contributed by atoms with Gasteiger partial charge in [0, 0.05) is 12.5 Å². The molecule has 0 N–H and O–H groups in total. The summed E-state index contributed by atoms with van der Waals surface area (Å²) in [6, 6.07) is 13.8.